The summed E-state index contributed by atoms with van der Waals surface area (Å²) in [7, 11) is 0. The summed E-state index contributed by atoms with van der Waals surface area (Å²) < 4.78 is 0. The van der Waals surface area contributed by atoms with Crippen LogP contribution >= 0.6 is 11.3 Å². The van der Waals surface area contributed by atoms with Gasteiger partial charge >= 0.3 is 0 Å². The van der Waals surface area contributed by atoms with Crippen LogP contribution in [0.5, 0.6) is 0 Å². The molecule has 1 aromatic rings. The van der Waals surface area contributed by atoms with E-state index in [1.165, 1.54) is 10.4 Å². The summed E-state index contributed by atoms with van der Waals surface area (Å²) in [6, 6.07) is 2.18. The molecule has 0 aliphatic carbocycles. The van der Waals surface area contributed by atoms with E-state index in [0.717, 1.165) is 12.1 Å². The molecule has 0 unspecified atom stereocenters. The molecule has 0 bridgehead atoms. The summed E-state index contributed by atoms with van der Waals surface area (Å²) in [5.41, 5.74) is 2.25. The highest BCUT2D eigenvalue weighted by Crippen LogP contribution is 2.17. The molecule has 0 saturated carbocycles. The zero-order valence-corrected chi connectivity index (χ0v) is 8.32. The number of aliphatic imine (C=N–C) groups is 1. The summed E-state index contributed by atoms with van der Waals surface area (Å²) in [4.78, 5) is 5.45. The first-order chi connectivity index (χ1) is 5.72. The first-order valence-corrected chi connectivity index (χ1v) is 4.81. The quantitative estimate of drug-likeness (QED) is 0.632. The van der Waals surface area contributed by atoms with E-state index in [9.17, 15) is 0 Å². The number of rotatable bonds is 3. The number of nitrogens with zero attached hydrogens (tertiary/aromatic N) is 1. The van der Waals surface area contributed by atoms with Crippen LogP contribution in [0.4, 0.5) is 0 Å². The summed E-state index contributed by atoms with van der Waals surface area (Å²) in [6.45, 7) is 7.87. The minimum atomic E-state index is 0.878. The van der Waals surface area contributed by atoms with Crippen LogP contribution < -0.4 is 0 Å². The Morgan fingerprint density at radius 1 is 1.75 bits per heavy atom. The smallest absolute Gasteiger partial charge is 0.0379 e. The van der Waals surface area contributed by atoms with Crippen molar-refractivity contribution < 1.29 is 0 Å². The highest BCUT2D eigenvalue weighted by Gasteiger charge is 1.97. The number of hydrogen-bond acceptors (Lipinski definition) is 2. The molecule has 2 heteroatoms. The van der Waals surface area contributed by atoms with Gasteiger partial charge in [0.05, 0.1) is 0 Å². The molecule has 0 aromatic carbocycles. The van der Waals surface area contributed by atoms with Crippen LogP contribution in [0.15, 0.2) is 28.7 Å². The lowest BCUT2D eigenvalue weighted by molar-refractivity contribution is 1.15. The first-order valence-electron chi connectivity index (χ1n) is 3.93. The third-order valence-corrected chi connectivity index (χ3v) is 2.53. The molecule has 1 heterocycles. The predicted octanol–water partition coefficient (Wildman–Crippen LogP) is 3.20. The summed E-state index contributed by atoms with van der Waals surface area (Å²) in [5.74, 6) is 0. The molecule has 64 valence electrons. The van der Waals surface area contributed by atoms with Gasteiger partial charge in [0.2, 0.25) is 0 Å². The van der Waals surface area contributed by atoms with Gasteiger partial charge in [0.15, 0.2) is 0 Å². The van der Waals surface area contributed by atoms with E-state index in [0.29, 0.717) is 0 Å². The van der Waals surface area contributed by atoms with Gasteiger partial charge in [-0.15, -0.1) is 11.3 Å². The molecule has 0 fully saturated rings. The molecular weight excluding hydrogens is 166 g/mol. The third kappa shape index (κ3) is 2.62. The van der Waals surface area contributed by atoms with Crippen LogP contribution in [0.25, 0.3) is 0 Å². The van der Waals surface area contributed by atoms with E-state index in [-0.39, 0.29) is 0 Å². The van der Waals surface area contributed by atoms with E-state index < -0.39 is 0 Å². The number of allylic oxidation sites excluding steroid dienone is 1. The minimum Gasteiger partial charge on any atom is -0.266 e. The molecule has 0 aliphatic rings. The van der Waals surface area contributed by atoms with Gasteiger partial charge in [-0.2, -0.15) is 0 Å². The maximum Gasteiger partial charge on any atom is 0.0379 e. The van der Waals surface area contributed by atoms with Crippen LogP contribution in [0.2, 0.25) is 0 Å². The lowest BCUT2D eigenvalue weighted by Gasteiger charge is -1.94. The molecule has 1 rings (SSSR count). The van der Waals surface area contributed by atoms with E-state index in [1.54, 1.807) is 17.6 Å². The molecule has 0 saturated heterocycles. The second-order valence-electron chi connectivity index (χ2n) is 2.72. The standard InChI is InChI=1S/C10H13NS/c1-4-11-9(3)6-10-5-8(2)7-12-10/h4-5,7H,3,6H2,1-2H3. The summed E-state index contributed by atoms with van der Waals surface area (Å²) in [6.07, 6.45) is 2.66. The second-order valence-corrected chi connectivity index (χ2v) is 3.72. The van der Waals surface area contributed by atoms with Crippen molar-refractivity contribution in [2.45, 2.75) is 20.3 Å². The Hall–Kier alpha value is -0.890. The fourth-order valence-corrected chi connectivity index (χ4v) is 1.92. The Kier molecular flexibility index (Phi) is 3.23. The zero-order valence-electron chi connectivity index (χ0n) is 7.50. The van der Waals surface area contributed by atoms with Gasteiger partial charge in [-0.05, 0) is 30.9 Å². The lowest BCUT2D eigenvalue weighted by Crippen LogP contribution is -1.81. The van der Waals surface area contributed by atoms with Crippen LogP contribution in [-0.2, 0) is 6.42 Å². The highest BCUT2D eigenvalue weighted by molar-refractivity contribution is 7.10. The minimum absolute atomic E-state index is 0.878. The molecule has 12 heavy (non-hydrogen) atoms. The van der Waals surface area contributed by atoms with Gasteiger partial charge in [0.25, 0.3) is 0 Å². The Bertz CT molecular complexity index is 297. The van der Waals surface area contributed by atoms with Crippen LogP contribution in [0.1, 0.15) is 17.4 Å². The molecule has 1 nitrogen and oxygen atoms in total. The number of hydrogen-bond donors (Lipinski definition) is 0. The zero-order chi connectivity index (χ0) is 8.97. The van der Waals surface area contributed by atoms with E-state index in [1.807, 2.05) is 6.92 Å². The maximum absolute atomic E-state index is 4.12. The fraction of sp³-hybridized carbons (Fsp3) is 0.300. The number of thiophene rings is 1. The van der Waals surface area contributed by atoms with Crippen LogP contribution in [0.3, 0.4) is 0 Å². The number of aryl methyl sites for hydroxylation is 1. The summed E-state index contributed by atoms with van der Waals surface area (Å²) in [5, 5.41) is 2.15. The molecule has 0 aliphatic heterocycles. The van der Waals surface area contributed by atoms with Gasteiger partial charge in [-0.1, -0.05) is 6.58 Å². The monoisotopic (exact) mass is 179 g/mol. The Morgan fingerprint density at radius 3 is 3.00 bits per heavy atom. The lowest BCUT2D eigenvalue weighted by atomic mass is 10.2. The van der Waals surface area contributed by atoms with Crippen LogP contribution in [0, 0.1) is 6.92 Å². The molecule has 0 radical (unpaired) electrons. The topological polar surface area (TPSA) is 12.4 Å². The Labute approximate surface area is 77.5 Å². The third-order valence-electron chi connectivity index (χ3n) is 1.47. The van der Waals surface area contributed by atoms with Crippen molar-refractivity contribution in [3.8, 4) is 0 Å². The highest BCUT2D eigenvalue weighted by atomic mass is 32.1. The molecule has 1 aromatic heterocycles. The molecule has 0 spiro atoms. The Morgan fingerprint density at radius 2 is 2.50 bits per heavy atom. The maximum atomic E-state index is 4.12. The van der Waals surface area contributed by atoms with Gasteiger partial charge in [-0.25, -0.2) is 0 Å². The molecule has 0 amide bonds. The molecular formula is C10H13NS. The van der Waals surface area contributed by atoms with E-state index in [2.05, 4.69) is 29.9 Å². The normalized spacial score (nSPS) is 10.8. The van der Waals surface area contributed by atoms with Crippen LogP contribution in [-0.4, -0.2) is 6.21 Å². The second kappa shape index (κ2) is 4.21. The fourth-order valence-electron chi connectivity index (χ4n) is 1.01. The SMILES string of the molecule is C=C(Cc1cc(C)cs1)N=CC. The first kappa shape index (κ1) is 9.20. The van der Waals surface area contributed by atoms with Gasteiger partial charge in [0.1, 0.15) is 0 Å². The van der Waals surface area contributed by atoms with E-state index in [4.69, 9.17) is 0 Å². The van der Waals surface area contributed by atoms with Crippen molar-refractivity contribution in [1.82, 2.24) is 0 Å². The largest absolute Gasteiger partial charge is 0.266 e. The van der Waals surface area contributed by atoms with Crippen molar-refractivity contribution in [1.29, 1.82) is 0 Å². The average molecular weight is 179 g/mol. The molecule has 0 atom stereocenters. The predicted molar refractivity (Wildman–Crippen MR) is 56.1 cm³/mol. The Balaban J connectivity index is 2.58. The van der Waals surface area contributed by atoms with E-state index >= 15 is 0 Å². The van der Waals surface area contributed by atoms with Crippen molar-refractivity contribution in [3.05, 3.63) is 34.2 Å². The molecule has 0 N–H and O–H groups in total. The van der Waals surface area contributed by atoms with Gasteiger partial charge < -0.3 is 0 Å². The van der Waals surface area contributed by atoms with Crippen molar-refractivity contribution in [3.63, 3.8) is 0 Å². The summed E-state index contributed by atoms with van der Waals surface area (Å²) >= 11 is 1.77. The van der Waals surface area contributed by atoms with Gasteiger partial charge in [0, 0.05) is 23.2 Å². The van der Waals surface area contributed by atoms with Crippen molar-refractivity contribution >= 4 is 17.6 Å². The van der Waals surface area contributed by atoms with Crippen molar-refractivity contribution in [2.75, 3.05) is 0 Å². The van der Waals surface area contributed by atoms with Crippen molar-refractivity contribution in [2.24, 2.45) is 4.99 Å². The van der Waals surface area contributed by atoms with Gasteiger partial charge in [-0.3, -0.25) is 4.99 Å². The average Bonchev–Trinajstić information content (AvgIpc) is 2.36.